The average Bonchev–Trinajstić information content (AvgIpc) is 2.72. The highest BCUT2D eigenvalue weighted by molar-refractivity contribution is 7.99. The van der Waals surface area contributed by atoms with E-state index in [0.717, 1.165) is 17.5 Å². The molecule has 0 saturated carbocycles. The van der Waals surface area contributed by atoms with Gasteiger partial charge in [-0.3, -0.25) is 9.59 Å². The maximum atomic E-state index is 13.1. The molecule has 168 valence electrons. The van der Waals surface area contributed by atoms with Crippen molar-refractivity contribution in [2.24, 2.45) is 0 Å². The second-order valence-corrected chi connectivity index (χ2v) is 9.63. The molecular formula is C22H24Cl4N2O2S. The van der Waals surface area contributed by atoms with E-state index in [9.17, 15) is 9.59 Å². The number of nitrogens with zero attached hydrogens (tertiary/aromatic N) is 1. The van der Waals surface area contributed by atoms with Crippen LogP contribution in [0.25, 0.3) is 0 Å². The number of halogens is 4. The zero-order valence-corrected chi connectivity index (χ0v) is 21.1. The summed E-state index contributed by atoms with van der Waals surface area (Å²) in [7, 11) is 0. The Kier molecular flexibility index (Phi) is 10.8. The lowest BCUT2D eigenvalue weighted by atomic mass is 10.1. The number of thioether (sulfide) groups is 1. The number of hydrogen-bond acceptors (Lipinski definition) is 3. The molecule has 4 nitrogen and oxygen atoms in total. The van der Waals surface area contributed by atoms with Crippen molar-refractivity contribution >= 4 is 70.0 Å². The van der Waals surface area contributed by atoms with Crippen LogP contribution >= 0.6 is 58.2 Å². The van der Waals surface area contributed by atoms with Gasteiger partial charge in [0.25, 0.3) is 0 Å². The lowest BCUT2D eigenvalue weighted by Crippen LogP contribution is -2.48. The Morgan fingerprint density at radius 1 is 1.00 bits per heavy atom. The van der Waals surface area contributed by atoms with E-state index in [-0.39, 0.29) is 24.1 Å². The summed E-state index contributed by atoms with van der Waals surface area (Å²) in [6.07, 6.45) is 0.813. The molecule has 9 heteroatoms. The highest BCUT2D eigenvalue weighted by atomic mass is 35.5. The topological polar surface area (TPSA) is 49.4 Å². The Hall–Kier alpha value is -1.11. The van der Waals surface area contributed by atoms with Gasteiger partial charge in [-0.25, -0.2) is 0 Å². The van der Waals surface area contributed by atoms with Crippen LogP contribution in [0.5, 0.6) is 0 Å². The standard InChI is InChI=1S/C22H24Cl4N2O2S/c1-3-8-27-22(30)14(2)28(11-15-4-6-17(23)9-19(15)25)21(29)13-31-12-16-5-7-18(24)10-20(16)26/h4-7,9-10,14H,3,8,11-13H2,1-2H3,(H,27,30)/t14-/m0/s1. The molecule has 2 aromatic rings. The van der Waals surface area contributed by atoms with Crippen molar-refractivity contribution in [3.8, 4) is 0 Å². The van der Waals surface area contributed by atoms with Crippen molar-refractivity contribution < 1.29 is 9.59 Å². The third-order valence-corrected chi connectivity index (χ3v) is 6.71. The molecule has 0 unspecified atom stereocenters. The lowest BCUT2D eigenvalue weighted by Gasteiger charge is -2.29. The minimum absolute atomic E-state index is 0.166. The Balaban J connectivity index is 2.11. The lowest BCUT2D eigenvalue weighted by molar-refractivity contribution is -0.138. The fourth-order valence-electron chi connectivity index (χ4n) is 2.78. The summed E-state index contributed by atoms with van der Waals surface area (Å²) < 4.78 is 0. The average molecular weight is 522 g/mol. The molecule has 31 heavy (non-hydrogen) atoms. The quantitative estimate of drug-likeness (QED) is 0.389. The summed E-state index contributed by atoms with van der Waals surface area (Å²) in [5, 5.41) is 4.93. The van der Waals surface area contributed by atoms with Crippen molar-refractivity contribution in [2.45, 2.75) is 38.6 Å². The van der Waals surface area contributed by atoms with E-state index in [1.54, 1.807) is 37.3 Å². The van der Waals surface area contributed by atoms with Gasteiger partial charge in [-0.15, -0.1) is 11.8 Å². The summed E-state index contributed by atoms with van der Waals surface area (Å²) in [4.78, 5) is 27.2. The minimum Gasteiger partial charge on any atom is -0.354 e. The van der Waals surface area contributed by atoms with Crippen molar-refractivity contribution in [1.29, 1.82) is 0 Å². The fourth-order valence-corrected chi connectivity index (χ4v) is 4.72. The molecule has 0 saturated heterocycles. The monoisotopic (exact) mass is 520 g/mol. The van der Waals surface area contributed by atoms with Gasteiger partial charge in [0.15, 0.2) is 0 Å². The number of nitrogens with one attached hydrogen (secondary N) is 1. The molecule has 0 aromatic heterocycles. The zero-order valence-electron chi connectivity index (χ0n) is 17.3. The third kappa shape index (κ3) is 8.07. The highest BCUT2D eigenvalue weighted by Gasteiger charge is 2.26. The summed E-state index contributed by atoms with van der Waals surface area (Å²) in [6.45, 7) is 4.45. The second-order valence-electron chi connectivity index (χ2n) is 6.95. The molecule has 0 heterocycles. The van der Waals surface area contributed by atoms with Crippen LogP contribution in [0.4, 0.5) is 0 Å². The van der Waals surface area contributed by atoms with Crippen LogP contribution in [0.1, 0.15) is 31.4 Å². The molecule has 0 radical (unpaired) electrons. The van der Waals surface area contributed by atoms with Gasteiger partial charge in [0.2, 0.25) is 11.8 Å². The first-order valence-electron chi connectivity index (χ1n) is 9.75. The molecule has 0 spiro atoms. The van der Waals surface area contributed by atoms with E-state index in [0.29, 0.717) is 32.4 Å². The summed E-state index contributed by atoms with van der Waals surface area (Å²) in [6, 6.07) is 9.74. The van der Waals surface area contributed by atoms with Gasteiger partial charge in [-0.05, 0) is 48.7 Å². The molecule has 0 aliphatic heterocycles. The molecule has 2 amide bonds. The van der Waals surface area contributed by atoms with Crippen LogP contribution in [0, 0.1) is 0 Å². The van der Waals surface area contributed by atoms with Crippen LogP contribution in [-0.4, -0.2) is 35.1 Å². The highest BCUT2D eigenvalue weighted by Crippen LogP contribution is 2.26. The van der Waals surface area contributed by atoms with Crippen molar-refractivity contribution in [1.82, 2.24) is 10.2 Å². The van der Waals surface area contributed by atoms with Crippen LogP contribution in [0.3, 0.4) is 0 Å². The predicted molar refractivity (Wildman–Crippen MR) is 132 cm³/mol. The number of hydrogen-bond donors (Lipinski definition) is 1. The van der Waals surface area contributed by atoms with Crippen molar-refractivity contribution in [3.05, 3.63) is 67.6 Å². The van der Waals surface area contributed by atoms with E-state index in [1.165, 1.54) is 16.7 Å². The summed E-state index contributed by atoms with van der Waals surface area (Å²) >= 11 is 25.9. The molecule has 0 aliphatic carbocycles. The van der Waals surface area contributed by atoms with Crippen LogP contribution < -0.4 is 5.32 Å². The predicted octanol–water partition coefficient (Wildman–Crippen LogP) is 6.48. The van der Waals surface area contributed by atoms with Crippen LogP contribution in [-0.2, 0) is 21.9 Å². The van der Waals surface area contributed by atoms with E-state index in [4.69, 9.17) is 46.4 Å². The number of rotatable bonds is 10. The van der Waals surface area contributed by atoms with Gasteiger partial charge in [-0.2, -0.15) is 0 Å². The van der Waals surface area contributed by atoms with E-state index >= 15 is 0 Å². The Labute approximate surface area is 207 Å². The number of amides is 2. The fraction of sp³-hybridized carbons (Fsp3) is 0.364. The van der Waals surface area contributed by atoms with E-state index in [1.807, 2.05) is 13.0 Å². The molecular weight excluding hydrogens is 498 g/mol. The van der Waals surface area contributed by atoms with Crippen LogP contribution in [0.2, 0.25) is 20.1 Å². The Bertz CT molecular complexity index is 926. The number of benzene rings is 2. The SMILES string of the molecule is CCCNC(=O)[C@H](C)N(Cc1ccc(Cl)cc1Cl)C(=O)CSCc1ccc(Cl)cc1Cl. The minimum atomic E-state index is -0.648. The molecule has 1 N–H and O–H groups in total. The molecule has 1 atom stereocenters. The van der Waals surface area contributed by atoms with Gasteiger partial charge < -0.3 is 10.2 Å². The van der Waals surface area contributed by atoms with Gasteiger partial charge in [0, 0.05) is 38.9 Å². The second kappa shape index (κ2) is 12.8. The van der Waals surface area contributed by atoms with Crippen molar-refractivity contribution in [3.63, 3.8) is 0 Å². The zero-order chi connectivity index (χ0) is 23.0. The summed E-state index contributed by atoms with van der Waals surface area (Å²) in [5.41, 5.74) is 1.62. The molecule has 2 aromatic carbocycles. The largest absolute Gasteiger partial charge is 0.354 e. The number of carbonyl (C=O) groups excluding carboxylic acids is 2. The van der Waals surface area contributed by atoms with Gasteiger partial charge in [0.05, 0.1) is 5.75 Å². The molecule has 0 fully saturated rings. The smallest absolute Gasteiger partial charge is 0.242 e. The maximum Gasteiger partial charge on any atom is 0.242 e. The Morgan fingerprint density at radius 3 is 2.13 bits per heavy atom. The summed E-state index contributed by atoms with van der Waals surface area (Å²) in [5.74, 6) is 0.370. The third-order valence-electron chi connectivity index (χ3n) is 4.57. The normalized spacial score (nSPS) is 11.8. The first-order chi connectivity index (χ1) is 14.7. The number of carbonyl (C=O) groups is 2. The van der Waals surface area contributed by atoms with Crippen LogP contribution in [0.15, 0.2) is 36.4 Å². The van der Waals surface area contributed by atoms with E-state index in [2.05, 4.69) is 5.32 Å². The first kappa shape index (κ1) is 26.1. The van der Waals surface area contributed by atoms with Crippen molar-refractivity contribution in [2.75, 3.05) is 12.3 Å². The molecule has 2 rings (SSSR count). The molecule has 0 bridgehead atoms. The molecule has 0 aliphatic rings. The van der Waals surface area contributed by atoms with E-state index < -0.39 is 6.04 Å². The first-order valence-corrected chi connectivity index (χ1v) is 12.4. The maximum absolute atomic E-state index is 13.1. The van der Waals surface area contributed by atoms with Gasteiger partial charge in [-0.1, -0.05) is 65.5 Å². The Morgan fingerprint density at radius 2 is 1.58 bits per heavy atom. The van der Waals surface area contributed by atoms with Gasteiger partial charge in [0.1, 0.15) is 6.04 Å². The van der Waals surface area contributed by atoms with Gasteiger partial charge >= 0.3 is 0 Å².